The number of amides is 2. The summed E-state index contributed by atoms with van der Waals surface area (Å²) in [5.74, 6) is 0.380. The van der Waals surface area contributed by atoms with Gasteiger partial charge in [-0.05, 0) is 60.4 Å². The summed E-state index contributed by atoms with van der Waals surface area (Å²) in [4.78, 5) is 26.7. The Morgan fingerprint density at radius 1 is 1.06 bits per heavy atom. The van der Waals surface area contributed by atoms with Crippen molar-refractivity contribution in [3.63, 3.8) is 0 Å². The van der Waals surface area contributed by atoms with Crippen LogP contribution in [0, 0.1) is 5.41 Å². The molecule has 31 heavy (non-hydrogen) atoms. The molecular formula is C24H23BrN4O2. The minimum atomic E-state index is -0.128. The molecule has 3 aliphatic rings. The highest BCUT2D eigenvalue weighted by Gasteiger charge is 2.54. The van der Waals surface area contributed by atoms with E-state index in [9.17, 15) is 9.59 Å². The third-order valence-electron chi connectivity index (χ3n) is 7.34. The Hall–Kier alpha value is -2.67. The van der Waals surface area contributed by atoms with Gasteiger partial charge in [0.1, 0.15) is 0 Å². The largest absolute Gasteiger partial charge is 0.335 e. The van der Waals surface area contributed by atoms with Gasteiger partial charge in [0, 0.05) is 34.9 Å². The molecule has 1 aliphatic heterocycles. The van der Waals surface area contributed by atoms with Crippen LogP contribution in [0.3, 0.4) is 0 Å². The zero-order valence-corrected chi connectivity index (χ0v) is 18.6. The normalized spacial score (nSPS) is 26.4. The van der Waals surface area contributed by atoms with Crippen molar-refractivity contribution in [1.82, 2.24) is 20.4 Å². The Bertz CT molecular complexity index is 1260. The Kier molecular flexibility index (Phi) is 4.25. The first-order chi connectivity index (χ1) is 15.0. The van der Waals surface area contributed by atoms with Gasteiger partial charge in [-0.1, -0.05) is 40.2 Å². The van der Waals surface area contributed by atoms with Crippen LogP contribution < -0.4 is 10.9 Å². The summed E-state index contributed by atoms with van der Waals surface area (Å²) in [7, 11) is 0. The quantitative estimate of drug-likeness (QED) is 0.571. The predicted molar refractivity (Wildman–Crippen MR) is 122 cm³/mol. The van der Waals surface area contributed by atoms with Crippen LogP contribution in [-0.2, 0) is 13.1 Å². The van der Waals surface area contributed by atoms with Crippen LogP contribution in [0.1, 0.15) is 48.4 Å². The van der Waals surface area contributed by atoms with E-state index in [-0.39, 0.29) is 17.6 Å². The van der Waals surface area contributed by atoms with Crippen LogP contribution in [-0.4, -0.2) is 27.2 Å². The molecule has 2 aliphatic carbocycles. The number of hydrogen-bond acceptors (Lipinski definition) is 3. The van der Waals surface area contributed by atoms with Crippen molar-refractivity contribution < 1.29 is 4.79 Å². The van der Waals surface area contributed by atoms with Crippen molar-refractivity contribution in [2.75, 3.05) is 0 Å². The van der Waals surface area contributed by atoms with Crippen molar-refractivity contribution in [1.29, 1.82) is 0 Å². The number of aromatic amines is 1. The number of nitrogens with zero attached hydrogens (tertiary/aromatic N) is 2. The number of halogens is 1. The van der Waals surface area contributed by atoms with E-state index in [0.717, 1.165) is 41.2 Å². The Balaban J connectivity index is 1.06. The van der Waals surface area contributed by atoms with Crippen LogP contribution in [0.25, 0.3) is 10.8 Å². The van der Waals surface area contributed by atoms with Gasteiger partial charge in [-0.2, -0.15) is 5.10 Å². The molecule has 1 spiro atoms. The summed E-state index contributed by atoms with van der Waals surface area (Å²) in [6.45, 7) is 1.35. The molecule has 158 valence electrons. The zero-order valence-electron chi connectivity index (χ0n) is 17.0. The van der Waals surface area contributed by atoms with Crippen LogP contribution in [0.5, 0.6) is 0 Å². The molecular weight excluding hydrogens is 456 g/mol. The molecule has 0 unspecified atom stereocenters. The second kappa shape index (κ2) is 6.92. The number of urea groups is 1. The van der Waals surface area contributed by atoms with E-state index in [4.69, 9.17) is 0 Å². The summed E-state index contributed by atoms with van der Waals surface area (Å²) in [6, 6.07) is 14.2. The van der Waals surface area contributed by atoms with E-state index < -0.39 is 0 Å². The molecule has 7 heteroatoms. The molecule has 0 atom stereocenters. The van der Waals surface area contributed by atoms with Crippen molar-refractivity contribution in [3.05, 3.63) is 74.1 Å². The van der Waals surface area contributed by atoms with Gasteiger partial charge >= 0.3 is 6.03 Å². The first-order valence-corrected chi connectivity index (χ1v) is 11.6. The highest BCUT2D eigenvalue weighted by molar-refractivity contribution is 9.10. The van der Waals surface area contributed by atoms with Gasteiger partial charge in [-0.25, -0.2) is 9.89 Å². The van der Waals surface area contributed by atoms with Gasteiger partial charge in [0.15, 0.2) is 0 Å². The minimum Gasteiger partial charge on any atom is -0.335 e. The fourth-order valence-electron chi connectivity index (χ4n) is 5.82. The van der Waals surface area contributed by atoms with Gasteiger partial charge in [0.2, 0.25) is 0 Å². The summed E-state index contributed by atoms with van der Waals surface area (Å²) in [5, 5.41) is 12.0. The molecule has 2 heterocycles. The van der Waals surface area contributed by atoms with Crippen LogP contribution >= 0.6 is 15.9 Å². The van der Waals surface area contributed by atoms with Gasteiger partial charge in [0.05, 0.1) is 11.1 Å². The van der Waals surface area contributed by atoms with Gasteiger partial charge < -0.3 is 10.2 Å². The number of aromatic nitrogens is 2. The molecule has 0 saturated heterocycles. The lowest BCUT2D eigenvalue weighted by atomic mass is 9.49. The SMILES string of the molecule is O=C(N[C@H]1CC2(C1)C[C@H](c1n[nH]c(=O)c3ccccc31)C2)N1Cc2ccc(Br)cc2C1. The van der Waals surface area contributed by atoms with E-state index in [0.29, 0.717) is 29.8 Å². The Labute approximate surface area is 188 Å². The highest BCUT2D eigenvalue weighted by Crippen LogP contribution is 2.62. The Morgan fingerprint density at radius 3 is 2.61 bits per heavy atom. The maximum Gasteiger partial charge on any atom is 0.318 e. The molecule has 2 saturated carbocycles. The molecule has 0 bridgehead atoms. The molecule has 0 radical (unpaired) electrons. The third-order valence-corrected chi connectivity index (χ3v) is 7.83. The fraction of sp³-hybridized carbons (Fsp3) is 0.375. The molecule has 1 aromatic heterocycles. The highest BCUT2D eigenvalue weighted by atomic mass is 79.9. The van der Waals surface area contributed by atoms with E-state index in [2.05, 4.69) is 43.6 Å². The second-order valence-corrected chi connectivity index (χ2v) is 10.3. The van der Waals surface area contributed by atoms with Crippen molar-refractivity contribution >= 4 is 32.7 Å². The fourth-order valence-corrected chi connectivity index (χ4v) is 6.23. The van der Waals surface area contributed by atoms with Crippen molar-refractivity contribution in [2.24, 2.45) is 5.41 Å². The van der Waals surface area contributed by atoms with Crippen LogP contribution in [0.4, 0.5) is 4.79 Å². The molecule has 2 N–H and O–H groups in total. The number of fused-ring (bicyclic) bond motifs is 2. The summed E-state index contributed by atoms with van der Waals surface area (Å²) < 4.78 is 1.05. The van der Waals surface area contributed by atoms with E-state index >= 15 is 0 Å². The molecule has 2 fully saturated rings. The van der Waals surface area contributed by atoms with Gasteiger partial charge in [-0.3, -0.25) is 4.79 Å². The topological polar surface area (TPSA) is 78.1 Å². The number of carbonyl (C=O) groups excluding carboxylic acids is 1. The maximum atomic E-state index is 12.7. The standard InChI is InChI=1S/C24H23BrN4O2/c25-17-6-5-14-12-29(13-15(14)7-17)23(31)26-18-10-24(11-18)8-16(9-24)21-19-3-1-2-4-20(19)22(30)28-27-21/h1-7,16,18H,8-13H2,(H,26,31)(H,28,30)/t16-,18-,24?. The zero-order chi connectivity index (χ0) is 21.2. The summed E-state index contributed by atoms with van der Waals surface area (Å²) >= 11 is 3.51. The number of benzene rings is 2. The number of hydrogen-bond donors (Lipinski definition) is 2. The number of rotatable bonds is 2. The smallest absolute Gasteiger partial charge is 0.318 e. The summed E-state index contributed by atoms with van der Waals surface area (Å²) in [6.07, 6.45) is 4.21. The lowest BCUT2D eigenvalue weighted by molar-refractivity contribution is -0.0191. The average molecular weight is 479 g/mol. The van der Waals surface area contributed by atoms with Gasteiger partial charge in [-0.15, -0.1) is 0 Å². The summed E-state index contributed by atoms with van der Waals surface area (Å²) in [5.41, 5.74) is 3.65. The lowest BCUT2D eigenvalue weighted by Gasteiger charge is -2.57. The van der Waals surface area contributed by atoms with Crippen molar-refractivity contribution in [3.8, 4) is 0 Å². The van der Waals surface area contributed by atoms with E-state index in [1.54, 1.807) is 0 Å². The van der Waals surface area contributed by atoms with Gasteiger partial charge in [0.25, 0.3) is 5.56 Å². The van der Waals surface area contributed by atoms with Crippen LogP contribution in [0.2, 0.25) is 0 Å². The average Bonchev–Trinajstić information content (AvgIpc) is 3.13. The molecule has 3 aromatic rings. The minimum absolute atomic E-state index is 0.0383. The number of carbonyl (C=O) groups is 1. The molecule has 2 amide bonds. The lowest BCUT2D eigenvalue weighted by Crippen LogP contribution is -2.57. The Morgan fingerprint density at radius 2 is 1.81 bits per heavy atom. The number of nitrogens with one attached hydrogen (secondary N) is 2. The first-order valence-electron chi connectivity index (χ1n) is 10.8. The molecule has 2 aromatic carbocycles. The molecule has 6 nitrogen and oxygen atoms in total. The number of H-pyrrole nitrogens is 1. The van der Waals surface area contributed by atoms with E-state index in [1.807, 2.05) is 35.2 Å². The monoisotopic (exact) mass is 478 g/mol. The van der Waals surface area contributed by atoms with Crippen molar-refractivity contribution in [2.45, 2.75) is 50.7 Å². The predicted octanol–water partition coefficient (Wildman–Crippen LogP) is 4.44. The van der Waals surface area contributed by atoms with E-state index in [1.165, 1.54) is 11.1 Å². The van der Waals surface area contributed by atoms with Crippen LogP contribution in [0.15, 0.2) is 51.7 Å². The first kappa shape index (κ1) is 19.0. The maximum absolute atomic E-state index is 12.7. The molecule has 6 rings (SSSR count). The second-order valence-electron chi connectivity index (χ2n) is 9.41. The third kappa shape index (κ3) is 3.17.